The Morgan fingerprint density at radius 3 is 2.62 bits per heavy atom. The number of nitrogens with one attached hydrogen (secondary N) is 1. The molecule has 0 amide bonds. The average Bonchev–Trinajstić information content (AvgIpc) is 3.22. The van der Waals surface area contributed by atoms with Crippen molar-refractivity contribution in [2.75, 3.05) is 24.2 Å². The molecule has 1 aliphatic rings. The van der Waals surface area contributed by atoms with Crippen LogP contribution >= 0.6 is 11.6 Å². The molecule has 11 heteroatoms. The monoisotopic (exact) mass is 420 g/mol. The number of ether oxygens (including phenoxy) is 1. The molecule has 1 aliphatic heterocycles. The summed E-state index contributed by atoms with van der Waals surface area (Å²) in [6, 6.07) is 7.51. The first-order valence-corrected chi connectivity index (χ1v) is 9.46. The van der Waals surface area contributed by atoms with Gasteiger partial charge in [0.25, 0.3) is 0 Å². The van der Waals surface area contributed by atoms with Gasteiger partial charge in [-0.3, -0.25) is 4.57 Å². The Morgan fingerprint density at radius 1 is 1.17 bits per heavy atom. The van der Waals surface area contributed by atoms with Crippen molar-refractivity contribution >= 4 is 34.5 Å². The van der Waals surface area contributed by atoms with E-state index in [9.17, 15) is 15.3 Å². The molecular formula is C18H21ClN6O4. The zero-order chi connectivity index (χ0) is 20.5. The Morgan fingerprint density at radius 2 is 1.93 bits per heavy atom. The van der Waals surface area contributed by atoms with Crippen LogP contribution in [0.25, 0.3) is 11.2 Å². The molecule has 2 aromatic heterocycles. The third kappa shape index (κ3) is 3.72. The van der Waals surface area contributed by atoms with Crippen molar-refractivity contribution in [2.24, 2.45) is 0 Å². The number of hydrogen-bond acceptors (Lipinski definition) is 9. The van der Waals surface area contributed by atoms with Crippen molar-refractivity contribution in [3.8, 4) is 0 Å². The van der Waals surface area contributed by atoms with Crippen LogP contribution in [0.15, 0.2) is 30.6 Å². The first kappa shape index (κ1) is 19.8. The summed E-state index contributed by atoms with van der Waals surface area (Å²) in [5.74, 6) is 0.539. The normalized spacial score (nSPS) is 24.3. The summed E-state index contributed by atoms with van der Waals surface area (Å²) in [5.41, 5.74) is 7.70. The Kier molecular flexibility index (Phi) is 5.52. The predicted octanol–water partition coefficient (Wildman–Crippen LogP) is 0.328. The average molecular weight is 421 g/mol. The molecule has 4 atom stereocenters. The van der Waals surface area contributed by atoms with E-state index in [4.69, 9.17) is 22.1 Å². The molecule has 0 radical (unpaired) electrons. The van der Waals surface area contributed by atoms with Crippen LogP contribution in [-0.2, 0) is 11.2 Å². The zero-order valence-electron chi connectivity index (χ0n) is 15.3. The summed E-state index contributed by atoms with van der Waals surface area (Å²) in [6.07, 6.45) is -2.47. The van der Waals surface area contributed by atoms with Gasteiger partial charge >= 0.3 is 0 Å². The number of halogens is 1. The maximum Gasteiger partial charge on any atom is 0.207 e. The second kappa shape index (κ2) is 8.09. The Bertz CT molecular complexity index is 998. The lowest BCUT2D eigenvalue weighted by atomic mass is 10.1. The number of imidazole rings is 1. The van der Waals surface area contributed by atoms with Gasteiger partial charge in [0.1, 0.15) is 24.6 Å². The highest BCUT2D eigenvalue weighted by atomic mass is 35.5. The Hall–Kier alpha value is -2.50. The molecule has 29 heavy (non-hydrogen) atoms. The molecule has 0 bridgehead atoms. The van der Waals surface area contributed by atoms with E-state index in [0.29, 0.717) is 35.1 Å². The van der Waals surface area contributed by atoms with E-state index in [0.717, 1.165) is 5.56 Å². The minimum Gasteiger partial charge on any atom is -0.394 e. The van der Waals surface area contributed by atoms with Gasteiger partial charge in [-0.1, -0.05) is 23.7 Å². The maximum absolute atomic E-state index is 10.5. The number of nitrogens with two attached hydrogens (primary N) is 1. The van der Waals surface area contributed by atoms with Gasteiger partial charge in [0.05, 0.1) is 6.61 Å². The third-order valence-electron chi connectivity index (χ3n) is 4.89. The molecule has 0 unspecified atom stereocenters. The first-order chi connectivity index (χ1) is 14.0. The number of nitrogens with zero attached hydrogens (tertiary/aromatic N) is 4. The van der Waals surface area contributed by atoms with Gasteiger partial charge in [0, 0.05) is 11.6 Å². The van der Waals surface area contributed by atoms with E-state index in [-0.39, 0.29) is 5.82 Å². The highest BCUT2D eigenvalue weighted by Gasteiger charge is 2.45. The number of rotatable bonds is 6. The molecule has 0 saturated carbocycles. The third-order valence-corrected chi connectivity index (χ3v) is 5.14. The largest absolute Gasteiger partial charge is 0.394 e. The van der Waals surface area contributed by atoms with Gasteiger partial charge in [-0.15, -0.1) is 0 Å². The molecule has 0 spiro atoms. The second-order valence-corrected chi connectivity index (χ2v) is 7.21. The predicted molar refractivity (Wildman–Crippen MR) is 106 cm³/mol. The van der Waals surface area contributed by atoms with Crippen LogP contribution in [-0.4, -0.2) is 66.3 Å². The summed E-state index contributed by atoms with van der Waals surface area (Å²) in [7, 11) is 0. The molecule has 3 aromatic rings. The fourth-order valence-electron chi connectivity index (χ4n) is 3.36. The number of fused-ring (bicyclic) bond motifs is 1. The number of anilines is 2. The molecule has 154 valence electrons. The zero-order valence-corrected chi connectivity index (χ0v) is 16.1. The fraction of sp³-hybridized carbons (Fsp3) is 0.389. The number of aromatic nitrogens is 4. The van der Waals surface area contributed by atoms with Gasteiger partial charge in [0.15, 0.2) is 23.2 Å². The lowest BCUT2D eigenvalue weighted by Gasteiger charge is -2.19. The van der Waals surface area contributed by atoms with E-state index in [1.54, 1.807) is 0 Å². The van der Waals surface area contributed by atoms with Gasteiger partial charge in [-0.2, -0.15) is 0 Å². The first-order valence-electron chi connectivity index (χ1n) is 9.08. The molecule has 1 fully saturated rings. The van der Waals surface area contributed by atoms with E-state index < -0.39 is 31.1 Å². The summed E-state index contributed by atoms with van der Waals surface area (Å²) >= 11 is 5.91. The maximum atomic E-state index is 10.5. The highest BCUT2D eigenvalue weighted by molar-refractivity contribution is 6.30. The van der Waals surface area contributed by atoms with Gasteiger partial charge in [-0.25, -0.2) is 15.0 Å². The van der Waals surface area contributed by atoms with Crippen LogP contribution < -0.4 is 11.1 Å². The van der Waals surface area contributed by atoms with Gasteiger partial charge in [0.2, 0.25) is 5.95 Å². The van der Waals surface area contributed by atoms with Crippen molar-refractivity contribution in [1.29, 1.82) is 0 Å². The number of benzene rings is 1. The lowest BCUT2D eigenvalue weighted by Crippen LogP contribution is -2.33. The topological polar surface area (TPSA) is 152 Å². The van der Waals surface area contributed by atoms with Crippen LogP contribution in [0.1, 0.15) is 11.8 Å². The number of aliphatic hydroxyl groups excluding tert-OH is 3. The minimum atomic E-state index is -1.28. The van der Waals surface area contributed by atoms with Crippen molar-refractivity contribution < 1.29 is 20.1 Å². The molecule has 1 saturated heterocycles. The van der Waals surface area contributed by atoms with E-state index in [2.05, 4.69) is 20.3 Å². The van der Waals surface area contributed by atoms with Crippen LogP contribution in [0.4, 0.5) is 11.8 Å². The van der Waals surface area contributed by atoms with E-state index >= 15 is 0 Å². The van der Waals surface area contributed by atoms with Crippen molar-refractivity contribution in [3.05, 3.63) is 41.2 Å². The highest BCUT2D eigenvalue weighted by Crippen LogP contribution is 2.35. The fourth-order valence-corrected chi connectivity index (χ4v) is 3.48. The number of nitrogen functional groups attached to an aromatic ring is 1. The van der Waals surface area contributed by atoms with E-state index in [1.165, 1.54) is 10.9 Å². The molecule has 6 N–H and O–H groups in total. The molecule has 4 rings (SSSR count). The van der Waals surface area contributed by atoms with Crippen molar-refractivity contribution in [2.45, 2.75) is 31.0 Å². The van der Waals surface area contributed by atoms with E-state index in [1.807, 2.05) is 24.3 Å². The quantitative estimate of drug-likeness (QED) is 0.379. The van der Waals surface area contributed by atoms with Gasteiger partial charge in [-0.05, 0) is 24.1 Å². The molecule has 10 nitrogen and oxygen atoms in total. The second-order valence-electron chi connectivity index (χ2n) is 6.77. The number of hydrogen-bond donors (Lipinski definition) is 5. The standard InChI is InChI=1S/C18H21ClN6O4/c19-10-3-1-9(2-4-10)5-6-21-18-24-12-15(20)22-8-23-16(12)25(18)17-14(28)13(27)11(7-26)29-17/h1-4,8,11,13-14,17,26-28H,5-7H2,(H,21,24)(H2,20,22,23)/t11-,13-,14-,17-/m1/s1. The lowest BCUT2D eigenvalue weighted by molar-refractivity contribution is -0.0501. The SMILES string of the molecule is Nc1ncnc2c1nc(NCCc1ccc(Cl)cc1)n2[C@@H]1O[C@H](CO)[C@@H](O)[C@H]1O. The summed E-state index contributed by atoms with van der Waals surface area (Å²) in [4.78, 5) is 12.6. The summed E-state index contributed by atoms with van der Waals surface area (Å²) in [5, 5.41) is 33.9. The summed E-state index contributed by atoms with van der Waals surface area (Å²) in [6.45, 7) is 0.0882. The Balaban J connectivity index is 1.63. The Labute approximate surface area is 170 Å². The van der Waals surface area contributed by atoms with Crippen LogP contribution in [0.2, 0.25) is 5.02 Å². The van der Waals surface area contributed by atoms with Crippen molar-refractivity contribution in [1.82, 2.24) is 19.5 Å². The summed E-state index contributed by atoms with van der Waals surface area (Å²) < 4.78 is 7.19. The molecular weight excluding hydrogens is 400 g/mol. The molecule has 3 heterocycles. The van der Waals surface area contributed by atoms with Gasteiger partial charge < -0.3 is 31.1 Å². The van der Waals surface area contributed by atoms with Crippen LogP contribution in [0, 0.1) is 0 Å². The van der Waals surface area contributed by atoms with Crippen LogP contribution in [0.3, 0.4) is 0 Å². The molecule has 1 aromatic carbocycles. The minimum absolute atomic E-state index is 0.182. The van der Waals surface area contributed by atoms with Crippen LogP contribution in [0.5, 0.6) is 0 Å². The smallest absolute Gasteiger partial charge is 0.207 e. The number of aliphatic hydroxyl groups is 3. The molecule has 0 aliphatic carbocycles. The van der Waals surface area contributed by atoms with Crippen molar-refractivity contribution in [3.63, 3.8) is 0 Å².